The smallest absolute Gasteiger partial charge is 0.345 e. The Hall–Kier alpha value is -1.29. The Kier molecular flexibility index (Phi) is 11.7. The van der Waals surface area contributed by atoms with Gasteiger partial charge in [-0.25, -0.2) is 4.79 Å². The first kappa shape index (κ1) is 19.7. The summed E-state index contributed by atoms with van der Waals surface area (Å²) < 4.78 is 4.92. The molecule has 0 rings (SSSR count). The number of carbonyl (C=O) groups is 2. The first-order valence-electron chi connectivity index (χ1n) is 7.35. The molecule has 120 valence electrons. The third-order valence-corrected chi connectivity index (χ3v) is 3.21. The summed E-state index contributed by atoms with van der Waals surface area (Å²) in [5.41, 5.74) is 2.35. The molecule has 1 unspecified atom stereocenters. The molecule has 21 heavy (non-hydrogen) atoms. The van der Waals surface area contributed by atoms with Gasteiger partial charge in [0.1, 0.15) is 0 Å². The van der Waals surface area contributed by atoms with Crippen molar-refractivity contribution in [2.45, 2.75) is 64.4 Å². The molecule has 0 aliphatic carbocycles. The Balaban J connectivity index is 3.92. The number of rotatable bonds is 12. The molecule has 0 aromatic carbocycles. The van der Waals surface area contributed by atoms with Gasteiger partial charge in [0, 0.05) is 18.4 Å². The fraction of sp³-hybridized carbons (Fsp3) is 0.625. The van der Waals surface area contributed by atoms with Crippen LogP contribution < -0.4 is 0 Å². The third-order valence-electron chi connectivity index (χ3n) is 3.03. The van der Waals surface area contributed by atoms with Gasteiger partial charge in [-0.15, -0.1) is 0 Å². The van der Waals surface area contributed by atoms with Gasteiger partial charge in [-0.05, 0) is 25.7 Å². The van der Waals surface area contributed by atoms with Crippen molar-refractivity contribution >= 4 is 23.5 Å². The number of unbranched alkanes of at least 4 members (excludes halogenated alkanes) is 2. The summed E-state index contributed by atoms with van der Waals surface area (Å²) in [5, 5.41) is 8.91. The molecule has 0 aromatic rings. The standard InChI is InChI=1S/C16H25ClO4/c1-3-4-5-8-13(2)9-6-11-15(18)21-14(16(19)20)10-7-12-17/h7,12,14H,2-6,8-11H2,1H3,(H,19,20). The first-order valence-corrected chi connectivity index (χ1v) is 7.79. The molecular formula is C16H25ClO4. The van der Waals surface area contributed by atoms with Crippen LogP contribution in [0.2, 0.25) is 0 Å². The molecule has 4 nitrogen and oxygen atoms in total. The number of esters is 1. The zero-order valence-corrected chi connectivity index (χ0v) is 13.4. The lowest BCUT2D eigenvalue weighted by Crippen LogP contribution is -2.26. The summed E-state index contributed by atoms with van der Waals surface area (Å²) >= 11 is 5.33. The maximum atomic E-state index is 11.6. The van der Waals surface area contributed by atoms with Crippen LogP contribution >= 0.6 is 11.6 Å². The minimum Gasteiger partial charge on any atom is -0.478 e. The van der Waals surface area contributed by atoms with Crippen molar-refractivity contribution in [2.24, 2.45) is 0 Å². The van der Waals surface area contributed by atoms with Crippen molar-refractivity contribution in [1.29, 1.82) is 0 Å². The summed E-state index contributed by atoms with van der Waals surface area (Å²) in [6, 6.07) is 0. The van der Waals surface area contributed by atoms with Crippen LogP contribution in [-0.2, 0) is 14.3 Å². The summed E-state index contributed by atoms with van der Waals surface area (Å²) in [4.78, 5) is 22.5. The molecule has 1 atom stereocenters. The lowest BCUT2D eigenvalue weighted by atomic mass is 10.0. The van der Waals surface area contributed by atoms with Crippen LogP contribution in [0.3, 0.4) is 0 Å². The van der Waals surface area contributed by atoms with Crippen LogP contribution in [0.25, 0.3) is 0 Å². The van der Waals surface area contributed by atoms with Crippen LogP contribution in [0.5, 0.6) is 0 Å². The van der Waals surface area contributed by atoms with Gasteiger partial charge in [0.2, 0.25) is 6.10 Å². The van der Waals surface area contributed by atoms with Crippen molar-refractivity contribution in [3.63, 3.8) is 0 Å². The molecule has 0 fully saturated rings. The number of aliphatic carboxylic acids is 1. The lowest BCUT2D eigenvalue weighted by molar-refractivity contribution is -0.163. The second-order valence-electron chi connectivity index (χ2n) is 4.97. The van der Waals surface area contributed by atoms with E-state index in [1.165, 1.54) is 24.5 Å². The van der Waals surface area contributed by atoms with E-state index in [-0.39, 0.29) is 12.8 Å². The van der Waals surface area contributed by atoms with E-state index in [1.807, 2.05) is 0 Å². The maximum absolute atomic E-state index is 11.6. The number of hydrogen-bond acceptors (Lipinski definition) is 3. The predicted octanol–water partition coefficient (Wildman–Crippen LogP) is 4.43. The molecule has 1 N–H and O–H groups in total. The molecule has 0 saturated carbocycles. The summed E-state index contributed by atoms with van der Waals surface area (Å²) in [5.74, 6) is -1.66. The van der Waals surface area contributed by atoms with E-state index < -0.39 is 18.0 Å². The number of hydrogen-bond donors (Lipinski definition) is 1. The van der Waals surface area contributed by atoms with Crippen LogP contribution in [0.1, 0.15) is 58.3 Å². The summed E-state index contributed by atoms with van der Waals surface area (Å²) in [6.45, 7) is 6.13. The van der Waals surface area contributed by atoms with Gasteiger partial charge in [0.25, 0.3) is 0 Å². The zero-order chi connectivity index (χ0) is 16.1. The highest BCUT2D eigenvalue weighted by atomic mass is 35.5. The SMILES string of the molecule is C=C(CCCCC)CCCC(=O)OC(CC=CCl)C(=O)O. The quantitative estimate of drug-likeness (QED) is 0.328. The average Bonchev–Trinajstić information content (AvgIpc) is 2.43. The molecule has 0 radical (unpaired) electrons. The molecule has 5 heteroatoms. The minimum atomic E-state index is -1.17. The Bertz CT molecular complexity index is 363. The van der Waals surface area contributed by atoms with Crippen molar-refractivity contribution in [1.82, 2.24) is 0 Å². The monoisotopic (exact) mass is 316 g/mol. The molecule has 0 aromatic heterocycles. The molecule has 0 heterocycles. The fourth-order valence-electron chi connectivity index (χ4n) is 1.82. The van der Waals surface area contributed by atoms with E-state index in [9.17, 15) is 9.59 Å². The van der Waals surface area contributed by atoms with Crippen molar-refractivity contribution < 1.29 is 19.4 Å². The van der Waals surface area contributed by atoms with Gasteiger partial charge in [0.15, 0.2) is 0 Å². The van der Waals surface area contributed by atoms with Crippen LogP contribution in [0, 0.1) is 0 Å². The minimum absolute atomic E-state index is 0.0777. The van der Waals surface area contributed by atoms with Crippen molar-refractivity contribution in [3.8, 4) is 0 Å². The van der Waals surface area contributed by atoms with Gasteiger partial charge in [-0.1, -0.05) is 49.6 Å². The van der Waals surface area contributed by atoms with Gasteiger partial charge in [0.05, 0.1) is 0 Å². The third kappa shape index (κ3) is 11.1. The van der Waals surface area contributed by atoms with Gasteiger partial charge in [-0.2, -0.15) is 0 Å². The number of halogens is 1. The Morgan fingerprint density at radius 2 is 1.90 bits per heavy atom. The molecule has 0 amide bonds. The highest BCUT2D eigenvalue weighted by Gasteiger charge is 2.20. The van der Waals surface area contributed by atoms with Crippen LogP contribution in [-0.4, -0.2) is 23.1 Å². The predicted molar refractivity (Wildman–Crippen MR) is 84.3 cm³/mol. The number of carbonyl (C=O) groups excluding carboxylic acids is 1. The molecule has 0 bridgehead atoms. The second kappa shape index (κ2) is 12.5. The maximum Gasteiger partial charge on any atom is 0.345 e. The highest BCUT2D eigenvalue weighted by Crippen LogP contribution is 2.14. The van der Waals surface area contributed by atoms with Crippen molar-refractivity contribution in [3.05, 3.63) is 23.8 Å². The van der Waals surface area contributed by atoms with E-state index in [0.717, 1.165) is 24.8 Å². The molecule has 0 aliphatic rings. The second-order valence-corrected chi connectivity index (χ2v) is 5.23. The average molecular weight is 317 g/mol. The highest BCUT2D eigenvalue weighted by molar-refractivity contribution is 6.25. The fourth-order valence-corrected chi connectivity index (χ4v) is 1.93. The molecule has 0 saturated heterocycles. The zero-order valence-electron chi connectivity index (χ0n) is 12.6. The van der Waals surface area contributed by atoms with E-state index in [1.54, 1.807) is 0 Å². The summed E-state index contributed by atoms with van der Waals surface area (Å²) in [7, 11) is 0. The van der Waals surface area contributed by atoms with Gasteiger partial charge >= 0.3 is 11.9 Å². The lowest BCUT2D eigenvalue weighted by Gasteiger charge is -2.12. The van der Waals surface area contributed by atoms with Crippen LogP contribution in [0.4, 0.5) is 0 Å². The van der Waals surface area contributed by atoms with E-state index in [4.69, 9.17) is 21.4 Å². The Morgan fingerprint density at radius 1 is 1.24 bits per heavy atom. The Morgan fingerprint density at radius 3 is 2.48 bits per heavy atom. The van der Waals surface area contributed by atoms with Gasteiger partial charge < -0.3 is 9.84 Å². The topological polar surface area (TPSA) is 63.6 Å². The largest absolute Gasteiger partial charge is 0.478 e. The van der Waals surface area contributed by atoms with E-state index in [0.29, 0.717) is 6.42 Å². The molecule has 0 aliphatic heterocycles. The molecule has 0 spiro atoms. The summed E-state index contributed by atoms with van der Waals surface area (Å²) in [6.07, 6.45) is 6.47. The molecular weight excluding hydrogens is 292 g/mol. The number of ether oxygens (including phenoxy) is 1. The van der Waals surface area contributed by atoms with E-state index >= 15 is 0 Å². The van der Waals surface area contributed by atoms with E-state index in [2.05, 4.69) is 13.5 Å². The number of allylic oxidation sites excluding steroid dienone is 1. The number of carboxylic acids is 1. The first-order chi connectivity index (χ1) is 10.0. The van der Waals surface area contributed by atoms with Gasteiger partial charge in [-0.3, -0.25) is 4.79 Å². The Labute approximate surface area is 131 Å². The normalized spacial score (nSPS) is 12.3. The number of carboxylic acid groups (broad SMARTS) is 1. The van der Waals surface area contributed by atoms with Crippen molar-refractivity contribution in [2.75, 3.05) is 0 Å². The van der Waals surface area contributed by atoms with Crippen LogP contribution in [0.15, 0.2) is 23.8 Å².